The second-order valence-electron chi connectivity index (χ2n) is 7.43. The molecule has 3 aromatic carbocycles. The van der Waals surface area contributed by atoms with E-state index in [1.54, 1.807) is 0 Å². The number of hydrogen-bond donors (Lipinski definition) is 3. The second kappa shape index (κ2) is 9.17. The molecular formula is C24H23N3O5. The zero-order valence-electron chi connectivity index (χ0n) is 17.7. The number of methoxy groups -OCH3 is 2. The van der Waals surface area contributed by atoms with Crippen LogP contribution in [0.25, 0.3) is 10.8 Å². The fourth-order valence-corrected chi connectivity index (χ4v) is 3.89. The molecule has 164 valence electrons. The van der Waals surface area contributed by atoms with E-state index in [-0.39, 0.29) is 28.8 Å². The van der Waals surface area contributed by atoms with Gasteiger partial charge in [-0.2, -0.15) is 0 Å². The molecule has 0 saturated carbocycles. The van der Waals surface area contributed by atoms with Gasteiger partial charge in [0.2, 0.25) is 5.91 Å². The fraction of sp³-hybridized carbons (Fsp3) is 0.208. The van der Waals surface area contributed by atoms with Gasteiger partial charge in [0.05, 0.1) is 31.0 Å². The zero-order valence-corrected chi connectivity index (χ0v) is 17.7. The summed E-state index contributed by atoms with van der Waals surface area (Å²) in [6.45, 7) is 0. The van der Waals surface area contributed by atoms with Crippen LogP contribution in [0.4, 0.5) is 5.69 Å². The third kappa shape index (κ3) is 4.18. The van der Waals surface area contributed by atoms with Gasteiger partial charge in [0, 0.05) is 6.04 Å². The van der Waals surface area contributed by atoms with Crippen molar-refractivity contribution in [3.63, 3.8) is 0 Å². The number of amides is 1. The molecule has 1 heterocycles. The van der Waals surface area contributed by atoms with Gasteiger partial charge in [-0.1, -0.05) is 42.5 Å². The van der Waals surface area contributed by atoms with Crippen molar-refractivity contribution in [3.8, 4) is 0 Å². The molecule has 0 aliphatic carbocycles. The molecule has 0 spiro atoms. The van der Waals surface area contributed by atoms with Gasteiger partial charge in [-0.25, -0.2) is 20.4 Å². The van der Waals surface area contributed by atoms with Crippen molar-refractivity contribution in [2.45, 2.75) is 18.5 Å². The molecule has 2 atom stereocenters. The molecule has 0 aromatic heterocycles. The van der Waals surface area contributed by atoms with Crippen LogP contribution < -0.4 is 16.2 Å². The maximum Gasteiger partial charge on any atom is 0.339 e. The summed E-state index contributed by atoms with van der Waals surface area (Å²) in [5, 5.41) is 4.99. The summed E-state index contributed by atoms with van der Waals surface area (Å²) in [5.74, 6) is -1.54. The first-order valence-corrected chi connectivity index (χ1v) is 10.1. The number of ether oxygens (including phenoxy) is 2. The Morgan fingerprint density at radius 2 is 1.66 bits per heavy atom. The van der Waals surface area contributed by atoms with Crippen LogP contribution in [0.15, 0.2) is 60.7 Å². The summed E-state index contributed by atoms with van der Waals surface area (Å²) in [6.07, 6.45) is 0.504. The normalized spacial score (nSPS) is 17.7. The Morgan fingerprint density at radius 1 is 0.906 bits per heavy atom. The maximum absolute atomic E-state index is 13.0. The number of esters is 2. The lowest BCUT2D eigenvalue weighted by molar-refractivity contribution is -0.117. The Morgan fingerprint density at radius 3 is 2.44 bits per heavy atom. The fourth-order valence-electron chi connectivity index (χ4n) is 3.89. The lowest BCUT2D eigenvalue weighted by Gasteiger charge is -2.15. The Bertz CT molecular complexity index is 1190. The third-order valence-electron chi connectivity index (χ3n) is 5.52. The topological polar surface area (TPSA) is 106 Å². The van der Waals surface area contributed by atoms with Gasteiger partial charge in [0.25, 0.3) is 0 Å². The van der Waals surface area contributed by atoms with Crippen molar-refractivity contribution in [1.82, 2.24) is 10.9 Å². The molecule has 4 rings (SSSR count). The average Bonchev–Trinajstić information content (AvgIpc) is 3.33. The van der Waals surface area contributed by atoms with Crippen LogP contribution >= 0.6 is 0 Å². The Balaban J connectivity index is 1.54. The Hall–Kier alpha value is -3.75. The molecule has 2 unspecified atom stereocenters. The largest absolute Gasteiger partial charge is 0.465 e. The summed E-state index contributed by atoms with van der Waals surface area (Å²) in [6, 6.07) is 17.8. The first-order valence-electron chi connectivity index (χ1n) is 10.1. The summed E-state index contributed by atoms with van der Waals surface area (Å²) in [5.41, 5.74) is 7.85. The van der Waals surface area contributed by atoms with E-state index >= 15 is 0 Å². The molecule has 3 N–H and O–H groups in total. The van der Waals surface area contributed by atoms with E-state index < -0.39 is 18.0 Å². The molecule has 3 aromatic rings. The van der Waals surface area contributed by atoms with Gasteiger partial charge in [0.1, 0.15) is 6.04 Å². The van der Waals surface area contributed by atoms with Gasteiger partial charge in [-0.3, -0.25) is 4.79 Å². The number of anilines is 1. The van der Waals surface area contributed by atoms with Crippen LogP contribution in [0, 0.1) is 0 Å². The number of hydrazine groups is 1. The van der Waals surface area contributed by atoms with Gasteiger partial charge in [-0.15, -0.1) is 0 Å². The van der Waals surface area contributed by atoms with Crippen molar-refractivity contribution in [1.29, 1.82) is 0 Å². The van der Waals surface area contributed by atoms with Crippen LogP contribution in [0.3, 0.4) is 0 Å². The van der Waals surface area contributed by atoms with Gasteiger partial charge < -0.3 is 14.8 Å². The molecule has 0 bridgehead atoms. The van der Waals surface area contributed by atoms with Crippen molar-refractivity contribution in [2.24, 2.45) is 0 Å². The minimum atomic E-state index is -0.622. The molecule has 1 fully saturated rings. The molecule has 1 aliphatic heterocycles. The SMILES string of the molecule is COC(=O)c1ccc(C(=O)OC)c(NC(=O)C2CC(c3cccc4ccccc34)NN2)c1. The van der Waals surface area contributed by atoms with Crippen molar-refractivity contribution < 1.29 is 23.9 Å². The number of carbonyl (C=O) groups is 3. The average molecular weight is 433 g/mol. The first-order chi connectivity index (χ1) is 15.5. The van der Waals surface area contributed by atoms with E-state index in [4.69, 9.17) is 9.47 Å². The van der Waals surface area contributed by atoms with E-state index in [2.05, 4.69) is 22.2 Å². The number of nitrogens with one attached hydrogen (secondary N) is 3. The molecule has 0 radical (unpaired) electrons. The molecule has 32 heavy (non-hydrogen) atoms. The molecule has 1 aliphatic rings. The number of rotatable bonds is 5. The highest BCUT2D eigenvalue weighted by molar-refractivity contribution is 6.04. The molecule has 8 heteroatoms. The molecule has 1 amide bonds. The van der Waals surface area contributed by atoms with Gasteiger partial charge in [-0.05, 0) is 41.0 Å². The molecule has 1 saturated heterocycles. The van der Waals surface area contributed by atoms with E-state index in [1.165, 1.54) is 32.4 Å². The van der Waals surface area contributed by atoms with Gasteiger partial charge in [0.15, 0.2) is 0 Å². The molecular weight excluding hydrogens is 410 g/mol. The van der Waals surface area contributed by atoms with E-state index in [9.17, 15) is 14.4 Å². The molecule has 8 nitrogen and oxygen atoms in total. The van der Waals surface area contributed by atoms with Crippen LogP contribution in [0.2, 0.25) is 0 Å². The first kappa shape index (κ1) is 21.5. The van der Waals surface area contributed by atoms with Crippen molar-refractivity contribution >= 4 is 34.3 Å². The van der Waals surface area contributed by atoms with Gasteiger partial charge >= 0.3 is 11.9 Å². The standard InChI is InChI=1S/C24H23N3O5/c1-31-23(29)15-10-11-18(24(30)32-2)19(12-15)25-22(28)21-13-20(26-27-21)17-9-5-7-14-6-3-4-8-16(14)17/h3-12,20-21,26-27H,13H2,1-2H3,(H,25,28). The minimum absolute atomic E-state index is 0.0710. The van der Waals surface area contributed by atoms with Crippen molar-refractivity contribution in [3.05, 3.63) is 77.4 Å². The van der Waals surface area contributed by atoms with E-state index in [0.29, 0.717) is 6.42 Å². The quantitative estimate of drug-likeness (QED) is 0.531. The Kier molecular flexibility index (Phi) is 6.16. The predicted octanol–water partition coefficient (Wildman–Crippen LogP) is 2.96. The second-order valence-corrected chi connectivity index (χ2v) is 7.43. The van der Waals surface area contributed by atoms with E-state index in [0.717, 1.165) is 16.3 Å². The van der Waals surface area contributed by atoms with Crippen LogP contribution in [0.1, 0.15) is 38.7 Å². The summed E-state index contributed by atoms with van der Waals surface area (Å²) >= 11 is 0. The van der Waals surface area contributed by atoms with E-state index in [1.807, 2.05) is 36.4 Å². The zero-order chi connectivity index (χ0) is 22.7. The number of fused-ring (bicyclic) bond motifs is 1. The highest BCUT2D eigenvalue weighted by Crippen LogP contribution is 2.30. The van der Waals surface area contributed by atoms with Crippen LogP contribution in [-0.4, -0.2) is 38.1 Å². The lowest BCUT2D eigenvalue weighted by atomic mass is 9.96. The minimum Gasteiger partial charge on any atom is -0.465 e. The van der Waals surface area contributed by atoms with Crippen LogP contribution in [-0.2, 0) is 14.3 Å². The highest BCUT2D eigenvalue weighted by atomic mass is 16.5. The summed E-state index contributed by atoms with van der Waals surface area (Å²) in [4.78, 5) is 37.0. The van der Waals surface area contributed by atoms with Crippen LogP contribution in [0.5, 0.6) is 0 Å². The predicted molar refractivity (Wildman–Crippen MR) is 119 cm³/mol. The van der Waals surface area contributed by atoms with Crippen molar-refractivity contribution in [2.75, 3.05) is 19.5 Å². The monoisotopic (exact) mass is 433 g/mol. The lowest BCUT2D eigenvalue weighted by Crippen LogP contribution is -2.39. The third-order valence-corrected chi connectivity index (χ3v) is 5.52. The number of benzene rings is 3. The summed E-state index contributed by atoms with van der Waals surface area (Å²) < 4.78 is 9.52. The smallest absolute Gasteiger partial charge is 0.339 e. The number of carbonyl (C=O) groups excluding carboxylic acids is 3. The summed E-state index contributed by atoms with van der Waals surface area (Å²) in [7, 11) is 2.51. The number of hydrogen-bond acceptors (Lipinski definition) is 7. The highest BCUT2D eigenvalue weighted by Gasteiger charge is 2.31. The maximum atomic E-state index is 13.0. The Labute approximate surface area is 184 Å².